The monoisotopic (exact) mass is 524 g/mol. The standard InChI is InChI=1S/C37H24N4/c1-2-13-34-33(12-1)36-35(15-14-25-8-6-18-40-37(25)36)41(34)32-11-3-7-26(22-32)29-19-30(27-9-4-16-38-23-27)21-31(20-29)28-10-5-17-39-24-28/h1-24H. The minimum atomic E-state index is 1.03. The van der Waals surface area contributed by atoms with Crippen LogP contribution in [-0.2, 0) is 0 Å². The summed E-state index contributed by atoms with van der Waals surface area (Å²) in [5, 5.41) is 3.53. The SMILES string of the molecule is c1cncc(-c2cc(-c3cccnc3)cc(-c3cccc(-n4c5ccccc5c5c6ncccc6ccc54)c3)c2)c1. The van der Waals surface area contributed by atoms with Gasteiger partial charge in [-0.1, -0.05) is 54.6 Å². The fourth-order valence-corrected chi connectivity index (χ4v) is 5.89. The van der Waals surface area contributed by atoms with Crippen LogP contribution in [0.2, 0.25) is 0 Å². The van der Waals surface area contributed by atoms with Gasteiger partial charge in [0.2, 0.25) is 0 Å². The smallest absolute Gasteiger partial charge is 0.0802 e. The van der Waals surface area contributed by atoms with Crippen LogP contribution in [0.5, 0.6) is 0 Å². The molecule has 8 rings (SSSR count). The number of nitrogens with zero attached hydrogens (tertiary/aromatic N) is 4. The predicted octanol–water partition coefficient (Wildman–Crippen LogP) is 9.12. The van der Waals surface area contributed by atoms with Gasteiger partial charge in [0.15, 0.2) is 0 Å². The lowest BCUT2D eigenvalue weighted by Gasteiger charge is -2.13. The molecule has 0 N–H and O–H groups in total. The van der Waals surface area contributed by atoms with Gasteiger partial charge in [0.1, 0.15) is 0 Å². The Kier molecular flexibility index (Phi) is 5.42. The molecule has 41 heavy (non-hydrogen) atoms. The lowest BCUT2D eigenvalue weighted by atomic mass is 9.94. The molecule has 0 spiro atoms. The zero-order chi connectivity index (χ0) is 27.2. The van der Waals surface area contributed by atoms with E-state index in [2.05, 4.69) is 112 Å². The summed E-state index contributed by atoms with van der Waals surface area (Å²) >= 11 is 0. The number of fused-ring (bicyclic) bond motifs is 5. The van der Waals surface area contributed by atoms with Crippen LogP contribution >= 0.6 is 0 Å². The van der Waals surface area contributed by atoms with Gasteiger partial charge in [0, 0.05) is 64.0 Å². The fraction of sp³-hybridized carbons (Fsp3) is 0. The second-order valence-corrected chi connectivity index (χ2v) is 10.2. The molecule has 0 radical (unpaired) electrons. The van der Waals surface area contributed by atoms with E-state index < -0.39 is 0 Å². The topological polar surface area (TPSA) is 43.6 Å². The molecule has 0 fully saturated rings. The maximum absolute atomic E-state index is 4.79. The fourth-order valence-electron chi connectivity index (χ4n) is 5.89. The summed E-state index contributed by atoms with van der Waals surface area (Å²) in [5.41, 5.74) is 11.1. The van der Waals surface area contributed by atoms with Crippen LogP contribution in [0, 0.1) is 0 Å². The van der Waals surface area contributed by atoms with Crippen LogP contribution in [0.25, 0.3) is 71.8 Å². The highest BCUT2D eigenvalue weighted by Gasteiger charge is 2.16. The molecule has 4 aromatic carbocycles. The molecule has 0 unspecified atom stereocenters. The molecular formula is C37H24N4. The summed E-state index contributed by atoms with van der Waals surface area (Å²) < 4.78 is 2.36. The van der Waals surface area contributed by atoms with Gasteiger partial charge in [-0.25, -0.2) is 0 Å². The van der Waals surface area contributed by atoms with Crippen molar-refractivity contribution in [3.05, 3.63) is 146 Å². The van der Waals surface area contributed by atoms with Crippen LogP contribution in [0.1, 0.15) is 0 Å². The lowest BCUT2D eigenvalue weighted by molar-refractivity contribution is 1.18. The maximum atomic E-state index is 4.79. The van der Waals surface area contributed by atoms with Gasteiger partial charge in [-0.2, -0.15) is 0 Å². The van der Waals surface area contributed by atoms with Gasteiger partial charge in [0.05, 0.1) is 16.6 Å². The average molecular weight is 525 g/mol. The van der Waals surface area contributed by atoms with Crippen molar-refractivity contribution in [1.29, 1.82) is 0 Å². The number of hydrogen-bond donors (Lipinski definition) is 0. The minimum Gasteiger partial charge on any atom is -0.309 e. The van der Waals surface area contributed by atoms with E-state index in [1.54, 1.807) is 0 Å². The quantitative estimate of drug-likeness (QED) is 0.231. The van der Waals surface area contributed by atoms with E-state index in [0.29, 0.717) is 0 Å². The Hall–Kier alpha value is -5.61. The van der Waals surface area contributed by atoms with Crippen molar-refractivity contribution in [2.45, 2.75) is 0 Å². The Morgan fingerprint density at radius 3 is 1.88 bits per heavy atom. The average Bonchev–Trinajstić information content (AvgIpc) is 3.40. The number of rotatable bonds is 4. The van der Waals surface area contributed by atoms with E-state index in [1.165, 1.54) is 10.8 Å². The summed E-state index contributed by atoms with van der Waals surface area (Å²) in [6.45, 7) is 0. The van der Waals surface area contributed by atoms with E-state index in [4.69, 9.17) is 4.98 Å². The molecule has 192 valence electrons. The van der Waals surface area contributed by atoms with Crippen LogP contribution in [0.4, 0.5) is 0 Å². The summed E-state index contributed by atoms with van der Waals surface area (Å²) in [4.78, 5) is 13.5. The highest BCUT2D eigenvalue weighted by atomic mass is 15.0. The molecule has 0 aliphatic carbocycles. The number of aromatic nitrogens is 4. The Bertz CT molecular complexity index is 2140. The number of benzene rings is 4. The van der Waals surface area contributed by atoms with E-state index in [-0.39, 0.29) is 0 Å². The van der Waals surface area contributed by atoms with Gasteiger partial charge in [-0.15, -0.1) is 0 Å². The molecular weight excluding hydrogens is 500 g/mol. The Morgan fingerprint density at radius 2 is 1.15 bits per heavy atom. The third-order valence-electron chi connectivity index (χ3n) is 7.77. The third kappa shape index (κ3) is 3.97. The van der Waals surface area contributed by atoms with Crippen molar-refractivity contribution < 1.29 is 0 Å². The van der Waals surface area contributed by atoms with E-state index >= 15 is 0 Å². The van der Waals surface area contributed by atoms with Gasteiger partial charge >= 0.3 is 0 Å². The molecule has 4 heterocycles. The highest BCUT2D eigenvalue weighted by Crippen LogP contribution is 2.38. The van der Waals surface area contributed by atoms with Gasteiger partial charge in [-0.3, -0.25) is 15.0 Å². The number of para-hydroxylation sites is 1. The molecule has 8 aromatic rings. The molecule has 0 saturated heterocycles. The van der Waals surface area contributed by atoms with Crippen LogP contribution in [0.15, 0.2) is 146 Å². The first kappa shape index (κ1) is 23.3. The summed E-state index contributed by atoms with van der Waals surface area (Å²) in [5.74, 6) is 0. The lowest BCUT2D eigenvalue weighted by Crippen LogP contribution is -1.95. The molecule has 4 heteroatoms. The molecule has 4 nitrogen and oxygen atoms in total. The van der Waals surface area contributed by atoms with Crippen LogP contribution < -0.4 is 0 Å². The summed E-state index contributed by atoms with van der Waals surface area (Å²) in [7, 11) is 0. The third-order valence-corrected chi connectivity index (χ3v) is 7.77. The van der Waals surface area contributed by atoms with E-state index in [9.17, 15) is 0 Å². The second kappa shape index (κ2) is 9.54. The van der Waals surface area contributed by atoms with E-state index in [0.717, 1.165) is 61.0 Å². The Labute approximate surface area is 237 Å². The van der Waals surface area contributed by atoms with Crippen molar-refractivity contribution in [2.75, 3.05) is 0 Å². The molecule has 0 saturated carbocycles. The van der Waals surface area contributed by atoms with Crippen molar-refractivity contribution in [3.8, 4) is 39.1 Å². The Balaban J connectivity index is 1.35. The van der Waals surface area contributed by atoms with Gasteiger partial charge in [-0.05, 0) is 82.9 Å². The maximum Gasteiger partial charge on any atom is 0.0802 e. The highest BCUT2D eigenvalue weighted by molar-refractivity contribution is 6.20. The van der Waals surface area contributed by atoms with Crippen LogP contribution in [0.3, 0.4) is 0 Å². The first-order valence-electron chi connectivity index (χ1n) is 13.7. The largest absolute Gasteiger partial charge is 0.309 e. The number of pyridine rings is 3. The first-order chi connectivity index (χ1) is 20.3. The van der Waals surface area contributed by atoms with Crippen molar-refractivity contribution in [1.82, 2.24) is 19.5 Å². The molecule has 4 aromatic heterocycles. The van der Waals surface area contributed by atoms with Crippen LogP contribution in [-0.4, -0.2) is 19.5 Å². The molecule has 0 amide bonds. The van der Waals surface area contributed by atoms with Gasteiger partial charge < -0.3 is 4.57 Å². The van der Waals surface area contributed by atoms with Crippen molar-refractivity contribution >= 4 is 32.7 Å². The van der Waals surface area contributed by atoms with E-state index in [1.807, 2.05) is 49.2 Å². The van der Waals surface area contributed by atoms with Crippen molar-refractivity contribution in [2.24, 2.45) is 0 Å². The second-order valence-electron chi connectivity index (χ2n) is 10.2. The molecule has 0 atom stereocenters. The summed E-state index contributed by atoms with van der Waals surface area (Å²) in [6.07, 6.45) is 9.33. The number of hydrogen-bond acceptors (Lipinski definition) is 3. The normalized spacial score (nSPS) is 11.4. The predicted molar refractivity (Wildman–Crippen MR) is 168 cm³/mol. The van der Waals surface area contributed by atoms with Crippen molar-refractivity contribution in [3.63, 3.8) is 0 Å². The van der Waals surface area contributed by atoms with Gasteiger partial charge in [0.25, 0.3) is 0 Å². The Morgan fingerprint density at radius 1 is 0.463 bits per heavy atom. The summed E-state index contributed by atoms with van der Waals surface area (Å²) in [6, 6.07) is 40.8. The first-order valence-corrected chi connectivity index (χ1v) is 13.7. The molecule has 0 bridgehead atoms. The minimum absolute atomic E-state index is 1.03. The zero-order valence-corrected chi connectivity index (χ0v) is 22.1. The molecule has 0 aliphatic rings. The molecule has 0 aliphatic heterocycles. The zero-order valence-electron chi connectivity index (χ0n) is 22.1.